The molecular formula is C23H23Cl2N5O3. The van der Waals surface area contributed by atoms with E-state index in [4.69, 9.17) is 27.9 Å². The van der Waals surface area contributed by atoms with Crippen molar-refractivity contribution in [2.75, 3.05) is 26.2 Å². The number of likely N-dealkylation sites (tertiary alicyclic amines) is 2. The minimum atomic E-state index is -0.333. The van der Waals surface area contributed by atoms with Crippen molar-refractivity contribution in [3.63, 3.8) is 0 Å². The van der Waals surface area contributed by atoms with Crippen LogP contribution in [0.1, 0.15) is 28.8 Å². The van der Waals surface area contributed by atoms with Gasteiger partial charge in [0, 0.05) is 41.8 Å². The van der Waals surface area contributed by atoms with Gasteiger partial charge in [-0.25, -0.2) is 4.79 Å². The smallest absolute Gasteiger partial charge is 0.410 e. The highest BCUT2D eigenvalue weighted by atomic mass is 35.5. The number of aromatic amines is 1. The zero-order chi connectivity index (χ0) is 22.9. The molecular weight excluding hydrogens is 465 g/mol. The van der Waals surface area contributed by atoms with E-state index >= 15 is 0 Å². The van der Waals surface area contributed by atoms with E-state index in [0.717, 1.165) is 23.9 Å². The van der Waals surface area contributed by atoms with Crippen molar-refractivity contribution in [1.29, 1.82) is 0 Å². The number of fused-ring (bicyclic) bond motifs is 2. The van der Waals surface area contributed by atoms with Crippen LogP contribution in [-0.4, -0.2) is 63.4 Å². The molecule has 2 aliphatic rings. The van der Waals surface area contributed by atoms with Gasteiger partial charge in [-0.1, -0.05) is 28.4 Å². The molecule has 10 heteroatoms. The molecule has 2 aromatic carbocycles. The quantitative estimate of drug-likeness (QED) is 0.591. The first-order valence-electron chi connectivity index (χ1n) is 10.9. The van der Waals surface area contributed by atoms with E-state index in [-0.39, 0.29) is 18.6 Å². The van der Waals surface area contributed by atoms with E-state index in [2.05, 4.69) is 15.4 Å². The summed E-state index contributed by atoms with van der Waals surface area (Å²) in [7, 11) is 0. The second-order valence-electron chi connectivity index (χ2n) is 8.67. The summed E-state index contributed by atoms with van der Waals surface area (Å²) in [5.74, 6) is 0.757. The van der Waals surface area contributed by atoms with Gasteiger partial charge >= 0.3 is 6.09 Å². The van der Waals surface area contributed by atoms with Gasteiger partial charge in [-0.05, 0) is 66.6 Å². The number of ether oxygens (including phenoxy) is 1. The van der Waals surface area contributed by atoms with Gasteiger partial charge in [0.25, 0.3) is 5.91 Å². The van der Waals surface area contributed by atoms with Crippen LogP contribution in [0.5, 0.6) is 0 Å². The molecule has 2 unspecified atom stereocenters. The Kier molecular flexibility index (Phi) is 6.12. The molecule has 0 radical (unpaired) electrons. The van der Waals surface area contributed by atoms with Crippen molar-refractivity contribution in [3.05, 3.63) is 57.6 Å². The van der Waals surface area contributed by atoms with Gasteiger partial charge in [0.05, 0.1) is 5.52 Å². The molecule has 172 valence electrons. The van der Waals surface area contributed by atoms with E-state index in [0.29, 0.717) is 59.1 Å². The monoisotopic (exact) mass is 487 g/mol. The second-order valence-corrected chi connectivity index (χ2v) is 9.54. The van der Waals surface area contributed by atoms with E-state index in [9.17, 15) is 9.59 Å². The maximum absolute atomic E-state index is 13.0. The molecule has 3 heterocycles. The number of rotatable bonds is 3. The van der Waals surface area contributed by atoms with Crippen molar-refractivity contribution in [3.8, 4) is 0 Å². The number of nitrogens with one attached hydrogen (secondary N) is 1. The lowest BCUT2D eigenvalue weighted by Crippen LogP contribution is -2.34. The van der Waals surface area contributed by atoms with Gasteiger partial charge in [-0.2, -0.15) is 0 Å². The van der Waals surface area contributed by atoms with Crippen molar-refractivity contribution >= 4 is 46.2 Å². The average molecular weight is 488 g/mol. The van der Waals surface area contributed by atoms with Crippen LogP contribution in [0.4, 0.5) is 4.79 Å². The van der Waals surface area contributed by atoms with Crippen molar-refractivity contribution in [1.82, 2.24) is 25.2 Å². The molecule has 2 aliphatic heterocycles. The molecule has 2 saturated heterocycles. The lowest BCUT2D eigenvalue weighted by Gasteiger charge is -2.22. The summed E-state index contributed by atoms with van der Waals surface area (Å²) < 4.78 is 5.49. The Hall–Kier alpha value is -2.84. The van der Waals surface area contributed by atoms with Crippen molar-refractivity contribution in [2.45, 2.75) is 19.4 Å². The van der Waals surface area contributed by atoms with Crippen LogP contribution in [-0.2, 0) is 11.3 Å². The zero-order valence-corrected chi connectivity index (χ0v) is 19.3. The lowest BCUT2D eigenvalue weighted by molar-refractivity contribution is 0.0772. The number of carbonyl (C=O) groups is 2. The molecule has 33 heavy (non-hydrogen) atoms. The molecule has 2 amide bonds. The summed E-state index contributed by atoms with van der Waals surface area (Å²) in [5.41, 5.74) is 2.87. The fourth-order valence-corrected chi connectivity index (χ4v) is 5.36. The van der Waals surface area contributed by atoms with Gasteiger partial charge in [0.2, 0.25) is 0 Å². The van der Waals surface area contributed by atoms with E-state index in [1.807, 2.05) is 17.0 Å². The molecule has 2 fully saturated rings. The molecule has 2 atom stereocenters. The third kappa shape index (κ3) is 4.77. The van der Waals surface area contributed by atoms with Crippen LogP contribution in [0.3, 0.4) is 0 Å². The minimum absolute atomic E-state index is 0.0180. The van der Waals surface area contributed by atoms with Crippen molar-refractivity contribution in [2.24, 2.45) is 11.8 Å². The maximum Gasteiger partial charge on any atom is 0.410 e. The highest BCUT2D eigenvalue weighted by molar-refractivity contribution is 6.34. The van der Waals surface area contributed by atoms with Gasteiger partial charge < -0.3 is 14.5 Å². The molecule has 3 aromatic rings. The van der Waals surface area contributed by atoms with Crippen molar-refractivity contribution < 1.29 is 14.3 Å². The van der Waals surface area contributed by atoms with Gasteiger partial charge in [0.1, 0.15) is 12.1 Å². The summed E-state index contributed by atoms with van der Waals surface area (Å²) in [6, 6.07) is 10.5. The number of carbonyl (C=O) groups excluding carboxylic acids is 2. The highest BCUT2D eigenvalue weighted by Gasteiger charge is 2.38. The number of hydrogen-bond acceptors (Lipinski definition) is 5. The predicted octanol–water partition coefficient (Wildman–Crippen LogP) is 4.39. The molecule has 0 spiro atoms. The maximum atomic E-state index is 13.0. The Labute approximate surface area is 200 Å². The van der Waals surface area contributed by atoms with Crippen LogP contribution in [0.2, 0.25) is 10.0 Å². The third-order valence-electron chi connectivity index (χ3n) is 6.52. The first kappa shape index (κ1) is 22.0. The Morgan fingerprint density at radius 2 is 1.70 bits per heavy atom. The van der Waals surface area contributed by atoms with Crippen LogP contribution in [0.15, 0.2) is 36.4 Å². The number of hydrogen-bond donors (Lipinski definition) is 1. The predicted molar refractivity (Wildman–Crippen MR) is 124 cm³/mol. The van der Waals surface area contributed by atoms with E-state index in [1.165, 1.54) is 0 Å². The molecule has 8 nitrogen and oxygen atoms in total. The summed E-state index contributed by atoms with van der Waals surface area (Å²) >= 11 is 12.0. The number of benzene rings is 2. The summed E-state index contributed by atoms with van der Waals surface area (Å²) in [6.07, 6.45) is 1.35. The fraction of sp³-hybridized carbons (Fsp3) is 0.391. The van der Waals surface area contributed by atoms with Crippen LogP contribution >= 0.6 is 23.2 Å². The minimum Gasteiger partial charge on any atom is -0.445 e. The number of halogens is 2. The zero-order valence-electron chi connectivity index (χ0n) is 17.8. The molecule has 0 bridgehead atoms. The largest absolute Gasteiger partial charge is 0.445 e. The molecule has 0 saturated carbocycles. The number of amides is 2. The number of aromatic nitrogens is 3. The molecule has 5 rings (SSSR count). The molecule has 1 aromatic heterocycles. The van der Waals surface area contributed by atoms with Crippen LogP contribution in [0, 0.1) is 11.8 Å². The highest BCUT2D eigenvalue weighted by Crippen LogP contribution is 2.33. The fourth-order valence-electron chi connectivity index (χ4n) is 4.78. The van der Waals surface area contributed by atoms with Gasteiger partial charge in [-0.3, -0.25) is 9.89 Å². The average Bonchev–Trinajstić information content (AvgIpc) is 3.38. The van der Waals surface area contributed by atoms with E-state index < -0.39 is 0 Å². The summed E-state index contributed by atoms with van der Waals surface area (Å²) in [6.45, 7) is 2.75. The van der Waals surface area contributed by atoms with Gasteiger partial charge in [-0.15, -0.1) is 5.10 Å². The second kappa shape index (κ2) is 9.19. The number of H-pyrrole nitrogens is 1. The Morgan fingerprint density at radius 3 is 2.39 bits per heavy atom. The normalized spacial score (nSPS) is 20.5. The Balaban J connectivity index is 1.16. The SMILES string of the molecule is O=C(OCc1cc(Cl)cc(Cl)c1)N1CCC2CN(C(=O)c3ccc4[nH]nnc4c3)CC2CC1. The van der Waals surface area contributed by atoms with Crippen LogP contribution in [0.25, 0.3) is 11.0 Å². The first-order chi connectivity index (χ1) is 16.0. The molecule has 1 N–H and O–H groups in total. The summed E-state index contributed by atoms with van der Waals surface area (Å²) in [5, 5.41) is 11.6. The Morgan fingerprint density at radius 1 is 1.00 bits per heavy atom. The number of nitrogens with zero attached hydrogens (tertiary/aromatic N) is 4. The van der Waals surface area contributed by atoms with Crippen LogP contribution < -0.4 is 0 Å². The van der Waals surface area contributed by atoms with E-state index in [1.54, 1.807) is 29.2 Å². The van der Waals surface area contributed by atoms with Gasteiger partial charge in [0.15, 0.2) is 0 Å². The molecule has 0 aliphatic carbocycles. The lowest BCUT2D eigenvalue weighted by atomic mass is 9.92. The Bertz CT molecular complexity index is 1160. The topological polar surface area (TPSA) is 91.4 Å². The standard InChI is InChI=1S/C23H23Cl2N5O3/c24-18-7-14(8-19(25)10-18)13-33-23(32)29-5-3-16-11-30(12-17(16)4-6-29)22(31)15-1-2-20-21(9-15)27-28-26-20/h1-2,7-10,16-17H,3-6,11-13H2,(H,26,27,28). The third-order valence-corrected chi connectivity index (χ3v) is 6.96. The first-order valence-corrected chi connectivity index (χ1v) is 11.7. The summed E-state index contributed by atoms with van der Waals surface area (Å²) in [4.78, 5) is 29.3.